The minimum Gasteiger partial charge on any atom is -0.483 e. The second-order valence-corrected chi connectivity index (χ2v) is 12.0. The summed E-state index contributed by atoms with van der Waals surface area (Å²) in [5, 5.41) is 6.36. The van der Waals surface area contributed by atoms with Gasteiger partial charge in [-0.3, -0.25) is 14.4 Å². The van der Waals surface area contributed by atoms with Gasteiger partial charge in [0.15, 0.2) is 0 Å². The highest BCUT2D eigenvalue weighted by Crippen LogP contribution is 2.70. The first kappa shape index (κ1) is 19.6. The summed E-state index contributed by atoms with van der Waals surface area (Å²) in [4.78, 5) is 43.0. The molecular formula is C26H29N3O4. The molecule has 2 N–H and O–H groups in total. The fourth-order valence-electron chi connectivity index (χ4n) is 8.24. The van der Waals surface area contributed by atoms with Gasteiger partial charge in [-0.25, -0.2) is 0 Å². The molecule has 33 heavy (non-hydrogen) atoms. The molecule has 172 valence electrons. The van der Waals surface area contributed by atoms with Gasteiger partial charge in [-0.05, 0) is 68.7 Å². The third-order valence-electron chi connectivity index (χ3n) is 9.84. The van der Waals surface area contributed by atoms with Gasteiger partial charge in [-0.2, -0.15) is 0 Å². The lowest BCUT2D eigenvalue weighted by Gasteiger charge is -2.59. The molecule has 7 heteroatoms. The van der Waals surface area contributed by atoms with E-state index in [-0.39, 0.29) is 23.6 Å². The molecule has 6 aliphatic heterocycles. The second-order valence-electron chi connectivity index (χ2n) is 12.0. The van der Waals surface area contributed by atoms with Crippen molar-refractivity contribution in [1.29, 1.82) is 0 Å². The highest BCUT2D eigenvalue weighted by atomic mass is 16.5. The van der Waals surface area contributed by atoms with Crippen molar-refractivity contribution in [2.75, 3.05) is 11.9 Å². The van der Waals surface area contributed by atoms with Crippen molar-refractivity contribution in [3.8, 4) is 5.75 Å². The van der Waals surface area contributed by atoms with E-state index < -0.39 is 27.5 Å². The van der Waals surface area contributed by atoms with Gasteiger partial charge >= 0.3 is 0 Å². The number of hydrogen-bond acceptors (Lipinski definition) is 4. The predicted molar refractivity (Wildman–Crippen MR) is 122 cm³/mol. The lowest BCUT2D eigenvalue weighted by atomic mass is 9.57. The topological polar surface area (TPSA) is 87.7 Å². The summed E-state index contributed by atoms with van der Waals surface area (Å²) in [6.07, 6.45) is 6.51. The molecule has 6 heterocycles. The summed E-state index contributed by atoms with van der Waals surface area (Å²) in [5.41, 5.74) is -1.06. The molecule has 1 aromatic carbocycles. The van der Waals surface area contributed by atoms with Gasteiger partial charge in [0.05, 0.1) is 11.1 Å². The van der Waals surface area contributed by atoms with Crippen LogP contribution < -0.4 is 15.4 Å². The summed E-state index contributed by atoms with van der Waals surface area (Å²) in [6, 6.07) is 3.95. The van der Waals surface area contributed by atoms with Crippen LogP contribution >= 0.6 is 0 Å². The molecule has 5 fully saturated rings. The Hall–Kier alpha value is -2.83. The molecule has 1 saturated carbocycles. The maximum absolute atomic E-state index is 13.9. The molecular weight excluding hydrogens is 418 g/mol. The standard InChI is InChI=1S/C26H29N3O4/c1-22(2)10-8-14-16(33-22)7-6-15-18(14)27-20(31)25(15)13-26-17(23(25,3)4)12-24(19(30)28-26)9-5-11-29(24)21(26)32/h6-8,10,17H,5,9,11-13H2,1-4H3,(H,27,31)(H,28,30)/t17-,24-,25+,26+/m1/s1. The maximum atomic E-state index is 13.9. The van der Waals surface area contributed by atoms with Crippen LogP contribution in [0.5, 0.6) is 5.75 Å². The van der Waals surface area contributed by atoms with Crippen LogP contribution in [0.3, 0.4) is 0 Å². The van der Waals surface area contributed by atoms with Gasteiger partial charge in [-0.1, -0.05) is 19.9 Å². The zero-order chi connectivity index (χ0) is 23.2. The average Bonchev–Trinajstić information content (AvgIpc) is 3.35. The van der Waals surface area contributed by atoms with Crippen molar-refractivity contribution in [1.82, 2.24) is 10.2 Å². The number of carbonyl (C=O) groups is 3. The number of benzene rings is 1. The van der Waals surface area contributed by atoms with E-state index in [9.17, 15) is 14.4 Å². The van der Waals surface area contributed by atoms with Crippen LogP contribution in [0.15, 0.2) is 18.2 Å². The Morgan fingerprint density at radius 1 is 1.09 bits per heavy atom. The van der Waals surface area contributed by atoms with Gasteiger partial charge in [0, 0.05) is 18.0 Å². The summed E-state index contributed by atoms with van der Waals surface area (Å²) in [6.45, 7) is 8.86. The Morgan fingerprint density at radius 2 is 1.88 bits per heavy atom. The van der Waals surface area contributed by atoms with Crippen molar-refractivity contribution in [2.24, 2.45) is 11.3 Å². The molecule has 4 atom stereocenters. The Bertz CT molecular complexity index is 1230. The van der Waals surface area contributed by atoms with Crippen molar-refractivity contribution in [3.05, 3.63) is 29.3 Å². The van der Waals surface area contributed by atoms with E-state index in [0.717, 1.165) is 29.0 Å². The van der Waals surface area contributed by atoms with Crippen LogP contribution in [0.1, 0.15) is 64.5 Å². The lowest BCUT2D eigenvalue weighted by Crippen LogP contribution is -2.81. The lowest BCUT2D eigenvalue weighted by molar-refractivity contribution is -0.175. The van der Waals surface area contributed by atoms with Crippen LogP contribution in [-0.2, 0) is 19.8 Å². The highest BCUT2D eigenvalue weighted by molar-refractivity contribution is 6.12. The van der Waals surface area contributed by atoms with Crippen LogP contribution in [0, 0.1) is 11.3 Å². The number of hydrogen-bond donors (Lipinski definition) is 2. The van der Waals surface area contributed by atoms with E-state index in [1.165, 1.54) is 0 Å². The third-order valence-corrected chi connectivity index (χ3v) is 9.84. The van der Waals surface area contributed by atoms with Crippen molar-refractivity contribution >= 4 is 29.5 Å². The predicted octanol–water partition coefficient (Wildman–Crippen LogP) is 2.74. The molecule has 3 amide bonds. The first-order valence-corrected chi connectivity index (χ1v) is 12.0. The number of piperazine rings is 1. The van der Waals surface area contributed by atoms with Crippen LogP contribution in [-0.4, -0.2) is 45.8 Å². The largest absolute Gasteiger partial charge is 0.483 e. The first-order valence-electron chi connectivity index (χ1n) is 12.0. The van der Waals surface area contributed by atoms with E-state index in [0.29, 0.717) is 25.8 Å². The highest BCUT2D eigenvalue weighted by Gasteiger charge is 2.80. The fraction of sp³-hybridized carbons (Fsp3) is 0.577. The second kappa shape index (κ2) is 5.29. The zero-order valence-corrected chi connectivity index (χ0v) is 19.5. The maximum Gasteiger partial charge on any atom is 0.249 e. The van der Waals surface area contributed by atoms with Gasteiger partial charge in [0.25, 0.3) is 0 Å². The van der Waals surface area contributed by atoms with Crippen LogP contribution in [0.25, 0.3) is 6.08 Å². The smallest absolute Gasteiger partial charge is 0.249 e. The number of rotatable bonds is 0. The molecule has 4 saturated heterocycles. The summed E-state index contributed by atoms with van der Waals surface area (Å²) >= 11 is 0. The molecule has 0 unspecified atom stereocenters. The quantitative estimate of drug-likeness (QED) is 0.640. The Labute approximate surface area is 192 Å². The van der Waals surface area contributed by atoms with Crippen LogP contribution in [0.4, 0.5) is 5.69 Å². The summed E-state index contributed by atoms with van der Waals surface area (Å²) in [5.74, 6) is 0.523. The minimum atomic E-state index is -1.03. The Morgan fingerprint density at radius 3 is 2.67 bits per heavy atom. The average molecular weight is 448 g/mol. The Balaban J connectivity index is 1.43. The molecule has 7 nitrogen and oxygen atoms in total. The molecule has 0 radical (unpaired) electrons. The molecule has 3 spiro atoms. The van der Waals surface area contributed by atoms with E-state index in [1.807, 2.05) is 43.0 Å². The number of nitrogens with zero attached hydrogens (tertiary/aromatic N) is 1. The fourth-order valence-corrected chi connectivity index (χ4v) is 8.24. The normalized spacial score (nSPS) is 40.2. The van der Waals surface area contributed by atoms with Crippen molar-refractivity contribution in [3.63, 3.8) is 0 Å². The zero-order valence-electron chi connectivity index (χ0n) is 19.5. The van der Waals surface area contributed by atoms with Crippen LogP contribution in [0.2, 0.25) is 0 Å². The van der Waals surface area contributed by atoms with E-state index >= 15 is 0 Å². The number of fused-ring (bicyclic) bond motifs is 5. The van der Waals surface area contributed by atoms with E-state index in [2.05, 4.69) is 24.5 Å². The summed E-state index contributed by atoms with van der Waals surface area (Å²) in [7, 11) is 0. The number of nitrogens with one attached hydrogen (secondary N) is 2. The number of ether oxygens (including phenoxy) is 1. The molecule has 7 aliphatic rings. The number of carbonyl (C=O) groups excluding carboxylic acids is 3. The molecule has 2 bridgehead atoms. The number of amides is 3. The molecule has 8 rings (SSSR count). The van der Waals surface area contributed by atoms with Crippen molar-refractivity contribution < 1.29 is 19.1 Å². The SMILES string of the molecule is CC1(C)C=Cc2c(ccc3c2NC(=O)[C@]32C[C@@]34NC(=O)[C@@]5(CCCN5C3=O)C[C@@H]4C2(C)C)O1. The van der Waals surface area contributed by atoms with Gasteiger partial charge in [-0.15, -0.1) is 0 Å². The van der Waals surface area contributed by atoms with E-state index in [4.69, 9.17) is 4.74 Å². The monoisotopic (exact) mass is 447 g/mol. The Kier molecular flexibility index (Phi) is 3.14. The van der Waals surface area contributed by atoms with Crippen molar-refractivity contribution in [2.45, 2.75) is 75.5 Å². The molecule has 1 aromatic rings. The summed E-state index contributed by atoms with van der Waals surface area (Å²) < 4.78 is 6.15. The van der Waals surface area contributed by atoms with Gasteiger partial charge in [0.2, 0.25) is 17.7 Å². The minimum absolute atomic E-state index is 0.00462. The number of anilines is 1. The molecule has 0 aromatic heterocycles. The van der Waals surface area contributed by atoms with Gasteiger partial charge in [0.1, 0.15) is 22.4 Å². The van der Waals surface area contributed by atoms with Gasteiger partial charge < -0.3 is 20.3 Å². The number of piperidine rings is 2. The third kappa shape index (κ3) is 1.87. The molecule has 1 aliphatic carbocycles. The first-order chi connectivity index (χ1) is 15.5. The van der Waals surface area contributed by atoms with E-state index in [1.54, 1.807) is 0 Å².